The van der Waals surface area contributed by atoms with Crippen LogP contribution < -0.4 is 5.32 Å². The number of aryl methyl sites for hydroxylation is 1. The van der Waals surface area contributed by atoms with Crippen LogP contribution in [-0.4, -0.2) is 21.7 Å². The van der Waals surface area contributed by atoms with Crippen LogP contribution in [0, 0.1) is 0 Å². The summed E-state index contributed by atoms with van der Waals surface area (Å²) >= 11 is 0. The number of esters is 1. The zero-order valence-corrected chi connectivity index (χ0v) is 22.8. The van der Waals surface area contributed by atoms with Crippen molar-refractivity contribution in [2.24, 2.45) is 0 Å². The number of aliphatic hydroxyl groups is 1. The Labute approximate surface area is 233 Å². The van der Waals surface area contributed by atoms with E-state index in [4.69, 9.17) is 4.74 Å². The van der Waals surface area contributed by atoms with Gasteiger partial charge in [-0.05, 0) is 61.1 Å². The van der Waals surface area contributed by atoms with Gasteiger partial charge in [0.2, 0.25) is 0 Å². The van der Waals surface area contributed by atoms with Crippen LogP contribution in [0.15, 0.2) is 84.3 Å². The molecule has 2 aromatic carbocycles. The molecule has 2 atom stereocenters. The van der Waals surface area contributed by atoms with Crippen LogP contribution >= 0.6 is 0 Å². The van der Waals surface area contributed by atoms with Crippen LogP contribution in [0.5, 0.6) is 0 Å². The van der Waals surface area contributed by atoms with E-state index in [0.717, 1.165) is 41.9 Å². The lowest BCUT2D eigenvalue weighted by molar-refractivity contribution is -0.161. The summed E-state index contributed by atoms with van der Waals surface area (Å²) < 4.78 is 44.6. The van der Waals surface area contributed by atoms with Crippen molar-refractivity contribution in [3.05, 3.63) is 107 Å². The van der Waals surface area contributed by atoms with Crippen LogP contribution in [0.25, 0.3) is 0 Å². The molecule has 0 radical (unpaired) electrons. The van der Waals surface area contributed by atoms with E-state index in [1.54, 1.807) is 0 Å². The molecule has 5 nitrogen and oxygen atoms in total. The van der Waals surface area contributed by atoms with Crippen LogP contribution in [0.2, 0.25) is 0 Å². The Hall–Kier alpha value is -3.81. The fraction of sp³-hybridized carbons (Fsp3) is 0.375. The predicted octanol–water partition coefficient (Wildman–Crippen LogP) is 8.14. The first-order valence-corrected chi connectivity index (χ1v) is 13.7. The van der Waals surface area contributed by atoms with Gasteiger partial charge >= 0.3 is 12.1 Å². The second kappa shape index (κ2) is 12.6. The molecule has 1 unspecified atom stereocenters. The fourth-order valence-electron chi connectivity index (χ4n) is 5.39. The van der Waals surface area contributed by atoms with Gasteiger partial charge in [0.25, 0.3) is 0 Å². The number of nitrogens with one attached hydrogen (secondary N) is 1. The molecule has 2 N–H and O–H groups in total. The smallest absolute Gasteiger partial charge is 0.417 e. The summed E-state index contributed by atoms with van der Waals surface area (Å²) in [6.07, 6.45) is 0.105. The molecule has 0 aliphatic carbocycles. The zero-order valence-electron chi connectivity index (χ0n) is 22.8. The maximum absolute atomic E-state index is 13.4. The molecule has 1 aliphatic rings. The summed E-state index contributed by atoms with van der Waals surface area (Å²) in [6, 6.07) is 19.8. The number of ether oxygens (including phenoxy) is 1. The first kappa shape index (κ1) is 29.2. The number of hydrogen-bond acceptors (Lipinski definition) is 5. The molecule has 0 saturated carbocycles. The summed E-state index contributed by atoms with van der Waals surface area (Å²) in [7, 11) is 0. The first-order valence-electron chi connectivity index (χ1n) is 13.7. The molecule has 1 aliphatic heterocycles. The summed E-state index contributed by atoms with van der Waals surface area (Å²) in [5, 5.41) is 14.4. The number of cyclic esters (lactones) is 1. The van der Waals surface area contributed by atoms with E-state index in [9.17, 15) is 23.1 Å². The highest BCUT2D eigenvalue weighted by Crippen LogP contribution is 2.42. The summed E-state index contributed by atoms with van der Waals surface area (Å²) in [6.45, 7) is 4.23. The van der Waals surface area contributed by atoms with Gasteiger partial charge < -0.3 is 15.2 Å². The minimum atomic E-state index is -4.43. The van der Waals surface area contributed by atoms with Gasteiger partial charge in [0.15, 0.2) is 0 Å². The molecular weight excluding hydrogens is 517 g/mol. The Kier molecular flexibility index (Phi) is 9.17. The summed E-state index contributed by atoms with van der Waals surface area (Å²) in [5.74, 6) is -0.770. The van der Waals surface area contributed by atoms with Crippen molar-refractivity contribution in [1.29, 1.82) is 0 Å². The number of carbonyl (C=O) groups is 1. The number of benzene rings is 2. The van der Waals surface area contributed by atoms with Crippen molar-refractivity contribution < 1.29 is 27.8 Å². The number of anilines is 1. The van der Waals surface area contributed by atoms with Crippen molar-refractivity contribution in [3.8, 4) is 0 Å². The maximum Gasteiger partial charge on any atom is 0.417 e. The molecule has 1 aromatic heterocycles. The minimum Gasteiger partial charge on any atom is -0.512 e. The highest BCUT2D eigenvalue weighted by Gasteiger charge is 2.43. The lowest BCUT2D eigenvalue weighted by Crippen LogP contribution is -2.41. The van der Waals surface area contributed by atoms with E-state index in [0.29, 0.717) is 25.0 Å². The van der Waals surface area contributed by atoms with Crippen molar-refractivity contribution in [2.45, 2.75) is 76.6 Å². The topological polar surface area (TPSA) is 71.5 Å². The third-order valence-electron chi connectivity index (χ3n) is 7.42. The average molecular weight is 553 g/mol. The maximum atomic E-state index is 13.4. The van der Waals surface area contributed by atoms with Crippen LogP contribution in [0.3, 0.4) is 0 Å². The third-order valence-corrected chi connectivity index (χ3v) is 7.42. The Balaban J connectivity index is 1.50. The number of alkyl halides is 3. The monoisotopic (exact) mass is 552 g/mol. The SMILES string of the molecule is CCC[C@@]1(CCc2ccccc2)CC(O)=C(C(CC)c2cccc(NCc3ccc(C(F)(F)F)cn3)c2)C(=O)O1. The molecule has 212 valence electrons. The van der Waals surface area contributed by atoms with E-state index in [1.165, 1.54) is 6.07 Å². The van der Waals surface area contributed by atoms with Crippen LogP contribution in [0.4, 0.5) is 18.9 Å². The number of aromatic nitrogens is 1. The van der Waals surface area contributed by atoms with Gasteiger partial charge in [-0.2, -0.15) is 13.2 Å². The second-order valence-corrected chi connectivity index (χ2v) is 10.3. The van der Waals surface area contributed by atoms with Gasteiger partial charge in [-0.3, -0.25) is 4.98 Å². The molecule has 0 spiro atoms. The van der Waals surface area contributed by atoms with Gasteiger partial charge in [0, 0.05) is 24.2 Å². The third kappa shape index (κ3) is 7.03. The van der Waals surface area contributed by atoms with Crippen LogP contribution in [-0.2, 0) is 28.7 Å². The molecule has 0 fully saturated rings. The fourth-order valence-corrected chi connectivity index (χ4v) is 5.39. The van der Waals surface area contributed by atoms with E-state index < -0.39 is 23.3 Å². The predicted molar refractivity (Wildman–Crippen MR) is 149 cm³/mol. The van der Waals surface area contributed by atoms with Gasteiger partial charge in [-0.15, -0.1) is 0 Å². The lowest BCUT2D eigenvalue weighted by atomic mass is 9.80. The molecule has 40 heavy (non-hydrogen) atoms. The molecule has 0 amide bonds. The summed E-state index contributed by atoms with van der Waals surface area (Å²) in [4.78, 5) is 17.3. The number of carbonyl (C=O) groups excluding carboxylic acids is 1. The number of halogens is 3. The largest absolute Gasteiger partial charge is 0.512 e. The van der Waals surface area contributed by atoms with Crippen molar-refractivity contribution >= 4 is 11.7 Å². The number of pyridine rings is 1. The standard InChI is InChI=1S/C32H35F3N2O3/c1-3-16-31(17-15-22-9-6-5-7-10-22)19-28(38)29(30(39)40-31)27(4-2)23-11-8-12-25(18-23)37-21-26-14-13-24(20-36-26)32(33,34)35/h5-14,18,20,27,37-38H,3-4,15-17,19,21H2,1-2H3/t27?,31-/m1/s1. The van der Waals surface area contributed by atoms with E-state index in [2.05, 4.69) is 10.3 Å². The van der Waals surface area contributed by atoms with Gasteiger partial charge in [-0.25, -0.2) is 4.79 Å². The van der Waals surface area contributed by atoms with Crippen molar-refractivity contribution in [2.75, 3.05) is 5.32 Å². The molecule has 3 aromatic rings. The highest BCUT2D eigenvalue weighted by atomic mass is 19.4. The lowest BCUT2D eigenvalue weighted by Gasteiger charge is -2.38. The molecule has 0 saturated heterocycles. The average Bonchev–Trinajstić information content (AvgIpc) is 2.93. The minimum absolute atomic E-state index is 0.0805. The summed E-state index contributed by atoms with van der Waals surface area (Å²) in [5.41, 5.74) is 1.93. The molecular formula is C32H35F3N2O3. The highest BCUT2D eigenvalue weighted by molar-refractivity contribution is 5.92. The van der Waals surface area contributed by atoms with E-state index >= 15 is 0 Å². The Morgan fingerprint density at radius 3 is 2.45 bits per heavy atom. The number of nitrogens with zero attached hydrogens (tertiary/aromatic N) is 1. The second-order valence-electron chi connectivity index (χ2n) is 10.3. The number of rotatable bonds is 11. The first-order chi connectivity index (χ1) is 19.1. The van der Waals surface area contributed by atoms with Gasteiger partial charge in [0.05, 0.1) is 23.4 Å². The van der Waals surface area contributed by atoms with Crippen LogP contribution in [0.1, 0.15) is 74.3 Å². The van der Waals surface area contributed by atoms with Gasteiger partial charge in [0.1, 0.15) is 11.4 Å². The Morgan fingerprint density at radius 2 is 1.82 bits per heavy atom. The quantitative estimate of drug-likeness (QED) is 0.235. The number of hydrogen-bond donors (Lipinski definition) is 2. The molecule has 0 bridgehead atoms. The van der Waals surface area contributed by atoms with E-state index in [-0.39, 0.29) is 30.2 Å². The molecule has 2 heterocycles. The Bertz CT molecular complexity index is 1320. The van der Waals surface area contributed by atoms with Crippen molar-refractivity contribution in [3.63, 3.8) is 0 Å². The number of aliphatic hydroxyl groups excluding tert-OH is 1. The van der Waals surface area contributed by atoms with E-state index in [1.807, 2.05) is 68.4 Å². The zero-order chi connectivity index (χ0) is 28.8. The Morgan fingerprint density at radius 1 is 1.05 bits per heavy atom. The van der Waals surface area contributed by atoms with Crippen molar-refractivity contribution in [1.82, 2.24) is 4.98 Å². The molecule has 4 rings (SSSR count). The van der Waals surface area contributed by atoms with Gasteiger partial charge in [-0.1, -0.05) is 62.7 Å². The molecule has 8 heteroatoms. The normalized spacial score (nSPS) is 18.4.